The van der Waals surface area contributed by atoms with Crippen molar-refractivity contribution in [3.8, 4) is 11.1 Å². The van der Waals surface area contributed by atoms with Crippen LogP contribution in [-0.2, 0) is 0 Å². The highest BCUT2D eigenvalue weighted by molar-refractivity contribution is 7.14. The van der Waals surface area contributed by atoms with Gasteiger partial charge in [-0.05, 0) is 31.0 Å². The Morgan fingerprint density at radius 2 is 2.00 bits per heavy atom. The van der Waals surface area contributed by atoms with Gasteiger partial charge in [-0.15, -0.1) is 11.3 Å². The van der Waals surface area contributed by atoms with Crippen molar-refractivity contribution in [2.45, 2.75) is 13.8 Å². The smallest absolute Gasteiger partial charge is 0.345 e. The number of aromatic carboxylic acids is 1. The minimum absolute atomic E-state index is 0.397. The zero-order valence-corrected chi connectivity index (χ0v) is 9.97. The second-order valence-corrected chi connectivity index (χ2v) is 5.01. The van der Waals surface area contributed by atoms with Crippen molar-refractivity contribution in [1.82, 2.24) is 0 Å². The van der Waals surface area contributed by atoms with E-state index in [4.69, 9.17) is 5.11 Å². The molecule has 0 bridgehead atoms. The molecule has 1 aromatic carbocycles. The van der Waals surface area contributed by atoms with Crippen molar-refractivity contribution in [3.63, 3.8) is 0 Å². The van der Waals surface area contributed by atoms with Crippen LogP contribution in [0.2, 0.25) is 0 Å². The monoisotopic (exact) mass is 232 g/mol. The summed E-state index contributed by atoms with van der Waals surface area (Å²) in [6.45, 7) is 3.98. The van der Waals surface area contributed by atoms with Gasteiger partial charge in [0.15, 0.2) is 0 Å². The van der Waals surface area contributed by atoms with E-state index in [9.17, 15) is 4.79 Å². The van der Waals surface area contributed by atoms with Gasteiger partial charge in [0.05, 0.1) is 0 Å². The molecule has 0 amide bonds. The lowest BCUT2D eigenvalue weighted by molar-refractivity contribution is 0.0702. The highest BCUT2D eigenvalue weighted by atomic mass is 32.1. The number of carboxylic acid groups (broad SMARTS) is 1. The molecule has 0 fully saturated rings. The maximum absolute atomic E-state index is 10.9. The summed E-state index contributed by atoms with van der Waals surface area (Å²) >= 11 is 1.32. The van der Waals surface area contributed by atoms with Crippen LogP contribution in [0.5, 0.6) is 0 Å². The third-order valence-electron chi connectivity index (χ3n) is 2.46. The van der Waals surface area contributed by atoms with Gasteiger partial charge in [-0.2, -0.15) is 0 Å². The average molecular weight is 232 g/mol. The normalized spacial score (nSPS) is 10.4. The molecular weight excluding hydrogens is 220 g/mol. The molecule has 2 aromatic rings. The molecule has 16 heavy (non-hydrogen) atoms. The Morgan fingerprint density at radius 3 is 2.56 bits per heavy atom. The van der Waals surface area contributed by atoms with E-state index >= 15 is 0 Å². The lowest BCUT2D eigenvalue weighted by atomic mass is 10.0. The van der Waals surface area contributed by atoms with Gasteiger partial charge in [0.2, 0.25) is 0 Å². The molecular formula is C13H12O2S. The van der Waals surface area contributed by atoms with E-state index in [1.54, 1.807) is 6.07 Å². The minimum atomic E-state index is -0.855. The first-order valence-electron chi connectivity index (χ1n) is 4.98. The van der Waals surface area contributed by atoms with Crippen molar-refractivity contribution in [2.75, 3.05) is 0 Å². The van der Waals surface area contributed by atoms with E-state index in [-0.39, 0.29) is 0 Å². The van der Waals surface area contributed by atoms with Gasteiger partial charge in [-0.25, -0.2) is 4.79 Å². The SMILES string of the molecule is Cc1cccc(-c2cc(C(=O)O)sc2C)c1. The summed E-state index contributed by atoms with van der Waals surface area (Å²) in [5.74, 6) is -0.855. The van der Waals surface area contributed by atoms with Gasteiger partial charge < -0.3 is 5.11 Å². The predicted octanol–water partition coefficient (Wildman–Crippen LogP) is 3.73. The van der Waals surface area contributed by atoms with E-state index in [0.29, 0.717) is 4.88 Å². The standard InChI is InChI=1S/C13H12O2S/c1-8-4-3-5-10(6-8)11-7-12(13(14)15)16-9(11)2/h3-7H,1-2H3,(H,14,15). The average Bonchev–Trinajstić information content (AvgIpc) is 2.60. The fraction of sp³-hybridized carbons (Fsp3) is 0.154. The topological polar surface area (TPSA) is 37.3 Å². The van der Waals surface area contributed by atoms with Crippen molar-refractivity contribution in [3.05, 3.63) is 45.6 Å². The Kier molecular flexibility index (Phi) is 2.79. The Hall–Kier alpha value is -1.61. The Bertz CT molecular complexity index is 541. The first kappa shape index (κ1) is 10.9. The summed E-state index contributed by atoms with van der Waals surface area (Å²) in [7, 11) is 0. The van der Waals surface area contributed by atoms with Crippen LogP contribution < -0.4 is 0 Å². The molecule has 82 valence electrons. The molecule has 0 saturated carbocycles. The number of aryl methyl sites for hydroxylation is 2. The van der Waals surface area contributed by atoms with Crippen LogP contribution in [0.25, 0.3) is 11.1 Å². The van der Waals surface area contributed by atoms with Crippen molar-refractivity contribution in [1.29, 1.82) is 0 Å². The highest BCUT2D eigenvalue weighted by Gasteiger charge is 2.12. The van der Waals surface area contributed by atoms with Gasteiger partial charge in [0.1, 0.15) is 4.88 Å². The second kappa shape index (κ2) is 4.10. The molecule has 0 unspecified atom stereocenters. The summed E-state index contributed by atoms with van der Waals surface area (Å²) in [5, 5.41) is 8.93. The van der Waals surface area contributed by atoms with Gasteiger partial charge in [0.25, 0.3) is 0 Å². The maximum Gasteiger partial charge on any atom is 0.345 e. The molecule has 1 heterocycles. The number of rotatable bonds is 2. The molecule has 0 aliphatic carbocycles. The van der Waals surface area contributed by atoms with Crippen LogP contribution in [0.15, 0.2) is 30.3 Å². The molecule has 1 N–H and O–H groups in total. The maximum atomic E-state index is 10.9. The molecule has 0 aliphatic heterocycles. The number of thiophene rings is 1. The molecule has 0 atom stereocenters. The van der Waals surface area contributed by atoms with E-state index < -0.39 is 5.97 Å². The van der Waals surface area contributed by atoms with Gasteiger partial charge in [0, 0.05) is 4.88 Å². The van der Waals surface area contributed by atoms with Crippen LogP contribution in [0.4, 0.5) is 0 Å². The summed E-state index contributed by atoms with van der Waals surface area (Å²) < 4.78 is 0. The van der Waals surface area contributed by atoms with Gasteiger partial charge in [-0.3, -0.25) is 0 Å². The van der Waals surface area contributed by atoms with Crippen molar-refractivity contribution < 1.29 is 9.90 Å². The third kappa shape index (κ3) is 1.99. The Labute approximate surface area is 98.2 Å². The quantitative estimate of drug-likeness (QED) is 0.856. The van der Waals surface area contributed by atoms with Gasteiger partial charge >= 0.3 is 5.97 Å². The number of carbonyl (C=O) groups is 1. The number of hydrogen-bond donors (Lipinski definition) is 1. The number of carboxylic acids is 1. The van der Waals surface area contributed by atoms with E-state index in [0.717, 1.165) is 16.0 Å². The van der Waals surface area contributed by atoms with Crippen LogP contribution >= 0.6 is 11.3 Å². The van der Waals surface area contributed by atoms with Crippen molar-refractivity contribution >= 4 is 17.3 Å². The molecule has 2 nitrogen and oxygen atoms in total. The fourth-order valence-corrected chi connectivity index (χ4v) is 2.57. The van der Waals surface area contributed by atoms with E-state index in [1.165, 1.54) is 16.9 Å². The molecule has 0 spiro atoms. The molecule has 3 heteroatoms. The highest BCUT2D eigenvalue weighted by Crippen LogP contribution is 2.31. The molecule has 1 aromatic heterocycles. The van der Waals surface area contributed by atoms with E-state index in [1.807, 2.05) is 32.0 Å². The van der Waals surface area contributed by atoms with Crippen LogP contribution in [0, 0.1) is 13.8 Å². The summed E-state index contributed by atoms with van der Waals surface area (Å²) in [6.07, 6.45) is 0. The summed E-state index contributed by atoms with van der Waals surface area (Å²) in [4.78, 5) is 12.3. The predicted molar refractivity (Wildman–Crippen MR) is 66.2 cm³/mol. The molecule has 0 radical (unpaired) electrons. The second-order valence-electron chi connectivity index (χ2n) is 3.76. The minimum Gasteiger partial charge on any atom is -0.477 e. The largest absolute Gasteiger partial charge is 0.477 e. The lowest BCUT2D eigenvalue weighted by Crippen LogP contribution is -1.89. The summed E-state index contributed by atoms with van der Waals surface area (Å²) in [5.41, 5.74) is 3.28. The van der Waals surface area contributed by atoms with Gasteiger partial charge in [-0.1, -0.05) is 29.8 Å². The van der Waals surface area contributed by atoms with Crippen molar-refractivity contribution in [2.24, 2.45) is 0 Å². The zero-order chi connectivity index (χ0) is 11.7. The lowest BCUT2D eigenvalue weighted by Gasteiger charge is -2.00. The van der Waals surface area contributed by atoms with Crippen LogP contribution in [0.3, 0.4) is 0 Å². The zero-order valence-electron chi connectivity index (χ0n) is 9.15. The Balaban J connectivity index is 2.52. The number of hydrogen-bond acceptors (Lipinski definition) is 2. The van der Waals surface area contributed by atoms with E-state index in [2.05, 4.69) is 6.07 Å². The first-order chi connectivity index (χ1) is 7.58. The molecule has 0 saturated heterocycles. The first-order valence-corrected chi connectivity index (χ1v) is 5.80. The van der Waals surface area contributed by atoms with Crippen LogP contribution in [0.1, 0.15) is 20.1 Å². The van der Waals surface area contributed by atoms with Crippen LogP contribution in [-0.4, -0.2) is 11.1 Å². The Morgan fingerprint density at radius 1 is 1.25 bits per heavy atom. The summed E-state index contributed by atoms with van der Waals surface area (Å²) in [6, 6.07) is 9.84. The third-order valence-corrected chi connectivity index (χ3v) is 3.50. The molecule has 0 aliphatic rings. The number of benzene rings is 1. The molecule has 2 rings (SSSR count). The fourth-order valence-electron chi connectivity index (χ4n) is 1.69.